The van der Waals surface area contributed by atoms with Crippen LogP contribution in [0.25, 0.3) is 0 Å². The maximum Gasteiger partial charge on any atom is 0.306 e. The summed E-state index contributed by atoms with van der Waals surface area (Å²) in [5.74, 6) is -0.982. The smallest absolute Gasteiger partial charge is 0.306 e. The number of carbonyl (C=O) groups is 1. The summed E-state index contributed by atoms with van der Waals surface area (Å²) in [6.07, 6.45) is 5.89. The maximum atomic E-state index is 10.8. The Labute approximate surface area is 90.8 Å². The summed E-state index contributed by atoms with van der Waals surface area (Å²) in [7, 11) is 0. The van der Waals surface area contributed by atoms with Crippen molar-refractivity contribution >= 4 is 5.97 Å². The second kappa shape index (κ2) is 6.80. The Morgan fingerprint density at radius 1 is 1.53 bits per heavy atom. The molecule has 4 heteroatoms. The van der Waals surface area contributed by atoms with Crippen LogP contribution in [0.3, 0.4) is 0 Å². The van der Waals surface area contributed by atoms with Gasteiger partial charge in [-0.3, -0.25) is 4.79 Å². The largest absolute Gasteiger partial charge is 0.481 e. The molecule has 1 aliphatic heterocycles. The zero-order chi connectivity index (χ0) is 11.1. The Hall–Kier alpha value is -0.610. The lowest BCUT2D eigenvalue weighted by molar-refractivity contribution is -0.142. The van der Waals surface area contributed by atoms with E-state index < -0.39 is 5.97 Å². The van der Waals surface area contributed by atoms with Crippen molar-refractivity contribution in [3.63, 3.8) is 0 Å². The molecule has 0 radical (unpaired) electrons. The number of carboxylic acids is 1. The Bertz CT molecular complexity index is 190. The molecule has 1 saturated heterocycles. The molecule has 0 aromatic carbocycles. The van der Waals surface area contributed by atoms with Gasteiger partial charge in [0.05, 0.1) is 12.0 Å². The van der Waals surface area contributed by atoms with E-state index in [4.69, 9.17) is 15.6 Å². The van der Waals surface area contributed by atoms with Gasteiger partial charge < -0.3 is 15.6 Å². The second-order valence-corrected chi connectivity index (χ2v) is 4.18. The van der Waals surface area contributed by atoms with Crippen molar-refractivity contribution in [1.82, 2.24) is 0 Å². The van der Waals surface area contributed by atoms with E-state index in [1.54, 1.807) is 0 Å². The van der Waals surface area contributed by atoms with Gasteiger partial charge in [-0.2, -0.15) is 0 Å². The molecule has 0 spiro atoms. The van der Waals surface area contributed by atoms with Crippen LogP contribution in [-0.4, -0.2) is 30.3 Å². The molecule has 3 N–H and O–H groups in total. The van der Waals surface area contributed by atoms with Crippen LogP contribution in [0.15, 0.2) is 0 Å². The van der Waals surface area contributed by atoms with Gasteiger partial charge in [0.25, 0.3) is 0 Å². The van der Waals surface area contributed by atoms with Crippen LogP contribution in [0.5, 0.6) is 0 Å². The van der Waals surface area contributed by atoms with Gasteiger partial charge >= 0.3 is 5.97 Å². The quantitative estimate of drug-likeness (QED) is 0.673. The number of carboxylic acid groups (broad SMARTS) is 1. The van der Waals surface area contributed by atoms with E-state index >= 15 is 0 Å². The van der Waals surface area contributed by atoms with Crippen molar-refractivity contribution in [2.45, 2.75) is 44.6 Å². The molecule has 1 fully saturated rings. The SMILES string of the molecule is NCCC(CCCC1CCCO1)C(=O)O. The van der Waals surface area contributed by atoms with Gasteiger partial charge in [-0.15, -0.1) is 0 Å². The van der Waals surface area contributed by atoms with E-state index in [1.807, 2.05) is 0 Å². The molecule has 15 heavy (non-hydrogen) atoms. The molecule has 2 unspecified atom stereocenters. The van der Waals surface area contributed by atoms with Crippen molar-refractivity contribution < 1.29 is 14.6 Å². The highest BCUT2D eigenvalue weighted by atomic mass is 16.5. The van der Waals surface area contributed by atoms with Crippen molar-refractivity contribution in [3.8, 4) is 0 Å². The lowest BCUT2D eigenvalue weighted by Gasteiger charge is -2.13. The van der Waals surface area contributed by atoms with Crippen LogP contribution in [0.1, 0.15) is 38.5 Å². The minimum atomic E-state index is -0.715. The topological polar surface area (TPSA) is 72.5 Å². The fraction of sp³-hybridized carbons (Fsp3) is 0.909. The monoisotopic (exact) mass is 215 g/mol. The molecule has 0 aromatic heterocycles. The van der Waals surface area contributed by atoms with Crippen molar-refractivity contribution in [1.29, 1.82) is 0 Å². The average molecular weight is 215 g/mol. The van der Waals surface area contributed by atoms with Crippen LogP contribution in [0, 0.1) is 5.92 Å². The summed E-state index contributed by atoms with van der Waals surface area (Å²) in [4.78, 5) is 10.8. The fourth-order valence-electron chi connectivity index (χ4n) is 2.06. The Balaban J connectivity index is 2.12. The first-order valence-corrected chi connectivity index (χ1v) is 5.78. The summed E-state index contributed by atoms with van der Waals surface area (Å²) < 4.78 is 5.48. The van der Waals surface area contributed by atoms with E-state index in [0.29, 0.717) is 19.1 Å². The summed E-state index contributed by atoms with van der Waals surface area (Å²) in [5, 5.41) is 8.91. The predicted octanol–water partition coefficient (Wildman–Crippen LogP) is 1.39. The van der Waals surface area contributed by atoms with E-state index in [1.165, 1.54) is 0 Å². The molecule has 0 bridgehead atoms. The van der Waals surface area contributed by atoms with Gasteiger partial charge in [-0.05, 0) is 38.6 Å². The van der Waals surface area contributed by atoms with E-state index in [9.17, 15) is 4.79 Å². The van der Waals surface area contributed by atoms with Gasteiger partial charge in [-0.25, -0.2) is 0 Å². The van der Waals surface area contributed by atoms with Crippen LogP contribution < -0.4 is 5.73 Å². The van der Waals surface area contributed by atoms with E-state index in [0.717, 1.165) is 38.7 Å². The summed E-state index contributed by atoms with van der Waals surface area (Å²) >= 11 is 0. The van der Waals surface area contributed by atoms with Gasteiger partial charge in [0.2, 0.25) is 0 Å². The number of nitrogens with two attached hydrogens (primary N) is 1. The first kappa shape index (κ1) is 12.5. The maximum absolute atomic E-state index is 10.8. The number of rotatable bonds is 7. The molecule has 88 valence electrons. The first-order valence-electron chi connectivity index (χ1n) is 5.78. The third-order valence-corrected chi connectivity index (χ3v) is 2.97. The first-order chi connectivity index (χ1) is 7.24. The minimum absolute atomic E-state index is 0.267. The van der Waals surface area contributed by atoms with Crippen molar-refractivity contribution in [2.24, 2.45) is 11.7 Å². The molecule has 2 atom stereocenters. The molecule has 1 rings (SSSR count). The molecule has 0 aromatic rings. The zero-order valence-electron chi connectivity index (χ0n) is 9.15. The number of hydrogen-bond donors (Lipinski definition) is 2. The van der Waals surface area contributed by atoms with Crippen molar-refractivity contribution in [3.05, 3.63) is 0 Å². The summed E-state index contributed by atoms with van der Waals surface area (Å²) in [6.45, 7) is 1.33. The second-order valence-electron chi connectivity index (χ2n) is 4.18. The number of ether oxygens (including phenoxy) is 1. The van der Waals surface area contributed by atoms with Gasteiger partial charge in [0.15, 0.2) is 0 Å². The van der Waals surface area contributed by atoms with Gasteiger partial charge in [0.1, 0.15) is 0 Å². The van der Waals surface area contributed by atoms with Crippen LogP contribution >= 0.6 is 0 Å². The number of aliphatic carboxylic acids is 1. The fourth-order valence-corrected chi connectivity index (χ4v) is 2.06. The molecular formula is C11H21NO3. The average Bonchev–Trinajstić information content (AvgIpc) is 2.69. The molecule has 0 saturated carbocycles. The summed E-state index contributed by atoms with van der Waals surface area (Å²) in [6, 6.07) is 0. The van der Waals surface area contributed by atoms with Crippen LogP contribution in [0.2, 0.25) is 0 Å². The Kier molecular flexibility index (Phi) is 5.65. The molecule has 0 amide bonds. The van der Waals surface area contributed by atoms with E-state index in [2.05, 4.69) is 0 Å². The predicted molar refractivity (Wildman–Crippen MR) is 57.6 cm³/mol. The lowest BCUT2D eigenvalue weighted by atomic mass is 9.97. The van der Waals surface area contributed by atoms with Crippen LogP contribution in [-0.2, 0) is 9.53 Å². The highest BCUT2D eigenvalue weighted by Crippen LogP contribution is 2.20. The molecule has 4 nitrogen and oxygen atoms in total. The zero-order valence-corrected chi connectivity index (χ0v) is 9.15. The van der Waals surface area contributed by atoms with E-state index in [-0.39, 0.29) is 5.92 Å². The highest BCUT2D eigenvalue weighted by molar-refractivity contribution is 5.69. The van der Waals surface area contributed by atoms with Gasteiger partial charge in [0, 0.05) is 6.61 Å². The molecular weight excluding hydrogens is 194 g/mol. The Morgan fingerprint density at radius 2 is 2.33 bits per heavy atom. The van der Waals surface area contributed by atoms with Crippen molar-refractivity contribution in [2.75, 3.05) is 13.2 Å². The molecule has 1 heterocycles. The Morgan fingerprint density at radius 3 is 2.87 bits per heavy atom. The van der Waals surface area contributed by atoms with Crippen LogP contribution in [0.4, 0.5) is 0 Å². The standard InChI is InChI=1S/C11H21NO3/c12-7-6-9(11(13)14)3-1-4-10-5-2-8-15-10/h9-10H,1-8,12H2,(H,13,14). The normalized spacial score (nSPS) is 22.9. The minimum Gasteiger partial charge on any atom is -0.481 e. The third-order valence-electron chi connectivity index (χ3n) is 2.97. The number of hydrogen-bond acceptors (Lipinski definition) is 3. The lowest BCUT2D eigenvalue weighted by Crippen LogP contribution is -2.18. The molecule has 1 aliphatic rings. The molecule has 0 aliphatic carbocycles. The summed E-state index contributed by atoms with van der Waals surface area (Å²) in [5.41, 5.74) is 5.37. The highest BCUT2D eigenvalue weighted by Gasteiger charge is 2.19. The third kappa shape index (κ3) is 4.62. The van der Waals surface area contributed by atoms with Gasteiger partial charge in [-0.1, -0.05) is 6.42 Å².